The second-order valence-electron chi connectivity index (χ2n) is 5.91. The molecule has 1 aromatic carbocycles. The van der Waals surface area contributed by atoms with Crippen LogP contribution in [0.5, 0.6) is 5.75 Å². The van der Waals surface area contributed by atoms with E-state index in [9.17, 15) is 4.79 Å². The molecule has 1 aliphatic rings. The van der Waals surface area contributed by atoms with Crippen molar-refractivity contribution in [3.05, 3.63) is 27.7 Å². The third-order valence-electron chi connectivity index (χ3n) is 3.74. The Morgan fingerprint density at radius 2 is 1.95 bits per heavy atom. The van der Waals surface area contributed by atoms with Crippen molar-refractivity contribution in [1.29, 1.82) is 0 Å². The molecule has 1 heterocycles. The smallest absolute Gasteiger partial charge is 0.191 e. The number of hydrogen-bond acceptors (Lipinski definition) is 4. The largest absolute Gasteiger partial charge is 0.489 e. The molecule has 1 aliphatic heterocycles. The van der Waals surface area contributed by atoms with Crippen LogP contribution < -0.4 is 4.74 Å². The first-order valence-electron chi connectivity index (χ1n) is 6.58. The lowest BCUT2D eigenvalue weighted by Crippen LogP contribution is -2.62. The minimum atomic E-state index is -0.635. The van der Waals surface area contributed by atoms with Gasteiger partial charge in [0.2, 0.25) is 0 Å². The van der Waals surface area contributed by atoms with Crippen LogP contribution in [-0.2, 0) is 0 Å². The zero-order chi connectivity index (χ0) is 15.1. The molecular formula is C15H21BrN2O2. The topological polar surface area (TPSA) is 32.8 Å². The summed E-state index contributed by atoms with van der Waals surface area (Å²) in [6.07, 6.45) is 0. The Balaban J connectivity index is 2.53. The number of rotatable bonds is 3. The number of likely N-dealkylation sites (N-methyl/N-ethyl adjacent to an activating group) is 2. The number of ether oxygens (including phenoxy) is 1. The van der Waals surface area contributed by atoms with Crippen LogP contribution in [0, 0.1) is 6.92 Å². The Hall–Kier alpha value is -0.910. The van der Waals surface area contributed by atoms with Crippen molar-refractivity contribution >= 4 is 21.7 Å². The number of halogens is 1. The molecule has 0 radical (unpaired) electrons. The molecule has 0 amide bonds. The number of hydrogen-bond donors (Lipinski definition) is 0. The summed E-state index contributed by atoms with van der Waals surface area (Å²) in [7, 11) is 7.81. The monoisotopic (exact) mass is 340 g/mol. The molecule has 0 aromatic heterocycles. The van der Waals surface area contributed by atoms with E-state index in [1.807, 2.05) is 57.0 Å². The molecule has 1 aromatic rings. The fourth-order valence-corrected chi connectivity index (χ4v) is 3.36. The Morgan fingerprint density at radius 1 is 1.30 bits per heavy atom. The van der Waals surface area contributed by atoms with Crippen LogP contribution in [0.1, 0.15) is 15.9 Å². The van der Waals surface area contributed by atoms with Crippen LogP contribution in [0.25, 0.3) is 0 Å². The van der Waals surface area contributed by atoms with E-state index in [0.29, 0.717) is 24.5 Å². The molecule has 0 unspecified atom stereocenters. The predicted molar refractivity (Wildman–Crippen MR) is 83.7 cm³/mol. The number of Topliss-reactive ketones (excluding diaryl/α,β-unsaturated/α-hetero) is 1. The number of fused-ring (bicyclic) bond motifs is 1. The fraction of sp³-hybridized carbons (Fsp3) is 0.533. The van der Waals surface area contributed by atoms with E-state index in [-0.39, 0.29) is 5.78 Å². The number of nitrogens with zero attached hydrogens (tertiary/aromatic N) is 2. The summed E-state index contributed by atoms with van der Waals surface area (Å²) in [5, 5.41) is 0. The van der Waals surface area contributed by atoms with E-state index in [4.69, 9.17) is 4.74 Å². The normalized spacial score (nSPS) is 22.1. The van der Waals surface area contributed by atoms with E-state index in [1.54, 1.807) is 0 Å². The van der Waals surface area contributed by atoms with E-state index in [0.717, 1.165) is 10.0 Å². The highest BCUT2D eigenvalue weighted by Gasteiger charge is 2.47. The van der Waals surface area contributed by atoms with Gasteiger partial charge in [0, 0.05) is 6.54 Å². The Labute approximate surface area is 128 Å². The number of ketones is 1. The summed E-state index contributed by atoms with van der Waals surface area (Å²) < 4.78 is 6.77. The van der Waals surface area contributed by atoms with Crippen LogP contribution in [0.4, 0.5) is 0 Å². The van der Waals surface area contributed by atoms with Crippen LogP contribution in [-0.4, -0.2) is 62.5 Å². The molecule has 5 heteroatoms. The number of carbonyl (C=O) groups excluding carboxylic acids is 1. The Bertz CT molecular complexity index is 543. The second kappa shape index (κ2) is 5.47. The van der Waals surface area contributed by atoms with Crippen LogP contribution in [0.2, 0.25) is 0 Å². The maximum atomic E-state index is 13.1. The number of aryl methyl sites for hydroxylation is 1. The van der Waals surface area contributed by atoms with Gasteiger partial charge in [-0.25, -0.2) is 0 Å². The van der Waals surface area contributed by atoms with Gasteiger partial charge in [0.25, 0.3) is 0 Å². The van der Waals surface area contributed by atoms with Gasteiger partial charge in [-0.3, -0.25) is 9.69 Å². The Kier molecular flexibility index (Phi) is 4.23. The maximum Gasteiger partial charge on any atom is 0.191 e. The van der Waals surface area contributed by atoms with Gasteiger partial charge in [-0.2, -0.15) is 0 Å². The average molecular weight is 341 g/mol. The van der Waals surface area contributed by atoms with E-state index in [2.05, 4.69) is 15.9 Å². The molecule has 0 N–H and O–H groups in total. The van der Waals surface area contributed by atoms with Crippen molar-refractivity contribution in [2.45, 2.75) is 12.5 Å². The molecule has 110 valence electrons. The third-order valence-corrected chi connectivity index (χ3v) is 4.33. The van der Waals surface area contributed by atoms with Gasteiger partial charge in [-0.1, -0.05) is 0 Å². The standard InChI is InChI=1S/C15H21BrN2O2/c1-10-6-11-13(12(16)7-10)20-9-15(14(11)19,18(4)5)8-17(2)3/h6-7H,8-9H2,1-5H3/t15-/m1/s1. The summed E-state index contributed by atoms with van der Waals surface area (Å²) in [5.74, 6) is 0.790. The fourth-order valence-electron chi connectivity index (χ4n) is 2.67. The highest BCUT2D eigenvalue weighted by molar-refractivity contribution is 9.10. The summed E-state index contributed by atoms with van der Waals surface area (Å²) in [5.41, 5.74) is 1.08. The highest BCUT2D eigenvalue weighted by Crippen LogP contribution is 2.38. The van der Waals surface area contributed by atoms with Crippen molar-refractivity contribution in [1.82, 2.24) is 9.80 Å². The van der Waals surface area contributed by atoms with Crippen molar-refractivity contribution < 1.29 is 9.53 Å². The molecule has 0 spiro atoms. The first-order valence-corrected chi connectivity index (χ1v) is 7.37. The maximum absolute atomic E-state index is 13.1. The van der Waals surface area contributed by atoms with E-state index >= 15 is 0 Å². The minimum absolute atomic E-state index is 0.127. The van der Waals surface area contributed by atoms with Gasteiger partial charge in [0.1, 0.15) is 17.9 Å². The quantitative estimate of drug-likeness (QED) is 0.844. The molecule has 0 saturated heterocycles. The summed E-state index contributed by atoms with van der Waals surface area (Å²) in [4.78, 5) is 17.0. The van der Waals surface area contributed by atoms with Gasteiger partial charge < -0.3 is 9.64 Å². The summed E-state index contributed by atoms with van der Waals surface area (Å²) in [6.45, 7) is 2.98. The molecule has 4 nitrogen and oxygen atoms in total. The van der Waals surface area contributed by atoms with Gasteiger partial charge >= 0.3 is 0 Å². The van der Waals surface area contributed by atoms with Gasteiger partial charge in [0.05, 0.1) is 10.0 Å². The van der Waals surface area contributed by atoms with Crippen molar-refractivity contribution in [2.24, 2.45) is 0 Å². The van der Waals surface area contributed by atoms with Gasteiger partial charge in [-0.15, -0.1) is 0 Å². The molecule has 1 atom stereocenters. The lowest BCUT2D eigenvalue weighted by Gasteiger charge is -2.43. The molecule has 20 heavy (non-hydrogen) atoms. The molecule has 0 fully saturated rings. The molecule has 0 aliphatic carbocycles. The zero-order valence-electron chi connectivity index (χ0n) is 12.7. The van der Waals surface area contributed by atoms with Gasteiger partial charge in [-0.05, 0) is 68.7 Å². The number of carbonyl (C=O) groups is 1. The van der Waals surface area contributed by atoms with Gasteiger partial charge in [0.15, 0.2) is 5.78 Å². The van der Waals surface area contributed by atoms with Crippen molar-refractivity contribution in [2.75, 3.05) is 41.3 Å². The summed E-state index contributed by atoms with van der Waals surface area (Å²) in [6, 6.07) is 3.89. The van der Waals surface area contributed by atoms with Crippen molar-refractivity contribution in [3.63, 3.8) is 0 Å². The second-order valence-corrected chi connectivity index (χ2v) is 6.76. The first kappa shape index (κ1) is 15.5. The highest BCUT2D eigenvalue weighted by atomic mass is 79.9. The summed E-state index contributed by atoms with van der Waals surface area (Å²) >= 11 is 3.48. The van der Waals surface area contributed by atoms with Crippen LogP contribution in [0.15, 0.2) is 16.6 Å². The average Bonchev–Trinajstić information content (AvgIpc) is 2.32. The zero-order valence-corrected chi connectivity index (χ0v) is 14.2. The van der Waals surface area contributed by atoms with Crippen molar-refractivity contribution in [3.8, 4) is 5.75 Å². The molecule has 0 saturated carbocycles. The SMILES string of the molecule is Cc1cc(Br)c2c(c1)C(=O)[C@](CN(C)C)(N(C)C)CO2. The molecule has 0 bridgehead atoms. The minimum Gasteiger partial charge on any atom is -0.489 e. The number of benzene rings is 1. The third kappa shape index (κ3) is 2.50. The molecular weight excluding hydrogens is 320 g/mol. The Morgan fingerprint density at radius 3 is 2.50 bits per heavy atom. The van der Waals surface area contributed by atoms with E-state index in [1.165, 1.54) is 0 Å². The first-order chi connectivity index (χ1) is 9.28. The predicted octanol–water partition coefficient (Wildman–Crippen LogP) is 2.19. The van der Waals surface area contributed by atoms with E-state index < -0.39 is 5.54 Å². The lowest BCUT2D eigenvalue weighted by atomic mass is 9.85. The van der Waals surface area contributed by atoms with Crippen LogP contribution >= 0.6 is 15.9 Å². The lowest BCUT2D eigenvalue weighted by molar-refractivity contribution is 0.0333. The molecule has 2 rings (SSSR count). The van der Waals surface area contributed by atoms with Crippen LogP contribution in [0.3, 0.4) is 0 Å².